The summed E-state index contributed by atoms with van der Waals surface area (Å²) in [5, 5.41) is 0. The summed E-state index contributed by atoms with van der Waals surface area (Å²) in [5.41, 5.74) is 7.62. The Morgan fingerprint density at radius 1 is 1.25 bits per heavy atom. The molecule has 112 valence electrons. The second-order valence-corrected chi connectivity index (χ2v) is 6.68. The summed E-state index contributed by atoms with van der Waals surface area (Å²) in [4.78, 5) is 0. The molecule has 1 aliphatic rings. The van der Waals surface area contributed by atoms with Crippen molar-refractivity contribution >= 4 is 15.9 Å². The average molecular weight is 340 g/mol. The van der Waals surface area contributed by atoms with Gasteiger partial charge < -0.3 is 10.5 Å². The molecule has 0 amide bonds. The van der Waals surface area contributed by atoms with Gasteiger partial charge in [0.1, 0.15) is 5.75 Å². The van der Waals surface area contributed by atoms with E-state index < -0.39 is 0 Å². The van der Waals surface area contributed by atoms with E-state index in [2.05, 4.69) is 28.1 Å². The highest BCUT2D eigenvalue weighted by Gasteiger charge is 2.17. The SMILES string of the molecule is CCOc1ccc(C(N)CC2CCCCCC2)cc1Br. The fourth-order valence-electron chi connectivity index (χ4n) is 3.12. The molecule has 2 N–H and O–H groups in total. The summed E-state index contributed by atoms with van der Waals surface area (Å²) in [6, 6.07) is 6.39. The zero-order chi connectivity index (χ0) is 14.4. The number of benzene rings is 1. The molecule has 0 saturated heterocycles. The number of ether oxygens (including phenoxy) is 1. The van der Waals surface area contributed by atoms with Crippen LogP contribution in [-0.2, 0) is 0 Å². The Hall–Kier alpha value is -0.540. The Morgan fingerprint density at radius 3 is 2.55 bits per heavy atom. The van der Waals surface area contributed by atoms with Gasteiger partial charge in [-0.2, -0.15) is 0 Å². The van der Waals surface area contributed by atoms with E-state index in [-0.39, 0.29) is 6.04 Å². The molecule has 1 unspecified atom stereocenters. The molecule has 0 aromatic heterocycles. The van der Waals surface area contributed by atoms with Crippen LogP contribution in [0.1, 0.15) is 63.5 Å². The van der Waals surface area contributed by atoms with Crippen LogP contribution in [0.4, 0.5) is 0 Å². The maximum Gasteiger partial charge on any atom is 0.133 e. The normalized spacial score (nSPS) is 18.6. The molecule has 0 aliphatic heterocycles. The summed E-state index contributed by atoms with van der Waals surface area (Å²) in [6.07, 6.45) is 9.38. The molecule has 20 heavy (non-hydrogen) atoms. The summed E-state index contributed by atoms with van der Waals surface area (Å²) in [7, 11) is 0. The molecule has 2 nitrogen and oxygen atoms in total. The van der Waals surface area contributed by atoms with Gasteiger partial charge in [0.25, 0.3) is 0 Å². The molecule has 0 heterocycles. The molecule has 1 saturated carbocycles. The number of nitrogens with two attached hydrogens (primary N) is 1. The topological polar surface area (TPSA) is 35.2 Å². The summed E-state index contributed by atoms with van der Waals surface area (Å²) in [5.74, 6) is 1.70. The van der Waals surface area contributed by atoms with Crippen molar-refractivity contribution in [2.75, 3.05) is 6.61 Å². The molecule has 3 heteroatoms. The fourth-order valence-corrected chi connectivity index (χ4v) is 3.63. The highest BCUT2D eigenvalue weighted by molar-refractivity contribution is 9.10. The molecule has 1 aliphatic carbocycles. The molecule has 0 radical (unpaired) electrons. The minimum Gasteiger partial charge on any atom is -0.493 e. The number of rotatable bonds is 5. The molecule has 1 fully saturated rings. The monoisotopic (exact) mass is 339 g/mol. The smallest absolute Gasteiger partial charge is 0.133 e. The van der Waals surface area contributed by atoms with Crippen molar-refractivity contribution in [1.29, 1.82) is 0 Å². The Bertz CT molecular complexity index is 413. The third-order valence-electron chi connectivity index (χ3n) is 4.25. The Balaban J connectivity index is 1.97. The molecular weight excluding hydrogens is 314 g/mol. The lowest BCUT2D eigenvalue weighted by atomic mass is 9.90. The van der Waals surface area contributed by atoms with Crippen LogP contribution >= 0.6 is 15.9 Å². The van der Waals surface area contributed by atoms with Gasteiger partial charge in [-0.15, -0.1) is 0 Å². The molecule has 1 atom stereocenters. The van der Waals surface area contributed by atoms with Gasteiger partial charge in [-0.05, 0) is 52.9 Å². The van der Waals surface area contributed by atoms with Gasteiger partial charge in [0.15, 0.2) is 0 Å². The van der Waals surface area contributed by atoms with E-state index in [4.69, 9.17) is 10.5 Å². The number of halogens is 1. The lowest BCUT2D eigenvalue weighted by molar-refractivity contribution is 0.337. The fraction of sp³-hybridized carbons (Fsp3) is 0.647. The van der Waals surface area contributed by atoms with Crippen molar-refractivity contribution in [3.05, 3.63) is 28.2 Å². The first-order valence-corrected chi connectivity index (χ1v) is 8.67. The minimum absolute atomic E-state index is 0.144. The second-order valence-electron chi connectivity index (χ2n) is 5.82. The second kappa shape index (κ2) is 8.04. The molecule has 2 rings (SSSR count). The zero-order valence-corrected chi connectivity index (χ0v) is 14.0. The third-order valence-corrected chi connectivity index (χ3v) is 4.87. The predicted molar refractivity (Wildman–Crippen MR) is 88.0 cm³/mol. The first-order valence-electron chi connectivity index (χ1n) is 7.88. The van der Waals surface area contributed by atoms with E-state index in [9.17, 15) is 0 Å². The average Bonchev–Trinajstić information content (AvgIpc) is 2.70. The van der Waals surface area contributed by atoms with Crippen molar-refractivity contribution in [3.8, 4) is 5.75 Å². The Labute approximate surface area is 131 Å². The lowest BCUT2D eigenvalue weighted by Crippen LogP contribution is -2.15. The van der Waals surface area contributed by atoms with Crippen LogP contribution in [-0.4, -0.2) is 6.61 Å². The quantitative estimate of drug-likeness (QED) is 0.747. The van der Waals surface area contributed by atoms with Crippen LogP contribution in [0.25, 0.3) is 0 Å². The van der Waals surface area contributed by atoms with E-state index in [1.807, 2.05) is 13.0 Å². The molecular formula is C17H26BrNO. The maximum absolute atomic E-state index is 6.41. The lowest BCUT2D eigenvalue weighted by Gasteiger charge is -2.20. The van der Waals surface area contributed by atoms with E-state index in [0.29, 0.717) is 6.61 Å². The van der Waals surface area contributed by atoms with Crippen LogP contribution in [0, 0.1) is 5.92 Å². The van der Waals surface area contributed by atoms with Gasteiger partial charge in [-0.1, -0.05) is 44.6 Å². The van der Waals surface area contributed by atoms with Crippen molar-refractivity contribution in [3.63, 3.8) is 0 Å². The first kappa shape index (κ1) is 15.8. The summed E-state index contributed by atoms with van der Waals surface area (Å²) >= 11 is 3.57. The molecule has 0 spiro atoms. The Morgan fingerprint density at radius 2 is 1.95 bits per heavy atom. The van der Waals surface area contributed by atoms with Crippen molar-refractivity contribution in [2.45, 2.75) is 57.9 Å². The number of hydrogen-bond donors (Lipinski definition) is 1. The standard InChI is InChI=1S/C17H26BrNO/c1-2-20-17-10-9-14(12-15(17)18)16(19)11-13-7-5-3-4-6-8-13/h9-10,12-13,16H,2-8,11,19H2,1H3. The first-order chi connectivity index (χ1) is 9.70. The van der Waals surface area contributed by atoms with Gasteiger partial charge in [0, 0.05) is 6.04 Å². The van der Waals surface area contributed by atoms with E-state index in [1.54, 1.807) is 0 Å². The predicted octanol–water partition coefficient (Wildman–Crippen LogP) is 5.21. The van der Waals surface area contributed by atoms with Crippen molar-refractivity contribution in [1.82, 2.24) is 0 Å². The molecule has 1 aromatic carbocycles. The number of hydrogen-bond acceptors (Lipinski definition) is 2. The van der Waals surface area contributed by atoms with Crippen molar-refractivity contribution < 1.29 is 4.74 Å². The van der Waals surface area contributed by atoms with Crippen LogP contribution in [0.2, 0.25) is 0 Å². The molecule has 0 bridgehead atoms. The highest BCUT2D eigenvalue weighted by Crippen LogP contribution is 2.33. The van der Waals surface area contributed by atoms with Gasteiger partial charge in [0.05, 0.1) is 11.1 Å². The summed E-state index contributed by atoms with van der Waals surface area (Å²) in [6.45, 7) is 2.68. The summed E-state index contributed by atoms with van der Waals surface area (Å²) < 4.78 is 6.56. The van der Waals surface area contributed by atoms with Crippen LogP contribution in [0.5, 0.6) is 5.75 Å². The third kappa shape index (κ3) is 4.49. The minimum atomic E-state index is 0.144. The van der Waals surface area contributed by atoms with Gasteiger partial charge in [-0.3, -0.25) is 0 Å². The highest BCUT2D eigenvalue weighted by atomic mass is 79.9. The largest absolute Gasteiger partial charge is 0.493 e. The van der Waals surface area contributed by atoms with Crippen LogP contribution in [0.3, 0.4) is 0 Å². The van der Waals surface area contributed by atoms with Crippen molar-refractivity contribution in [2.24, 2.45) is 11.7 Å². The molecule has 1 aromatic rings. The zero-order valence-electron chi connectivity index (χ0n) is 12.4. The van der Waals surface area contributed by atoms with Gasteiger partial charge >= 0.3 is 0 Å². The van der Waals surface area contributed by atoms with E-state index >= 15 is 0 Å². The maximum atomic E-state index is 6.41. The van der Waals surface area contributed by atoms with Gasteiger partial charge in [-0.25, -0.2) is 0 Å². The van der Waals surface area contributed by atoms with Crippen LogP contribution < -0.4 is 10.5 Å². The van der Waals surface area contributed by atoms with E-state index in [0.717, 1.165) is 22.6 Å². The Kier molecular flexibility index (Phi) is 6.37. The van der Waals surface area contributed by atoms with E-state index in [1.165, 1.54) is 44.1 Å². The van der Waals surface area contributed by atoms with Gasteiger partial charge in [0.2, 0.25) is 0 Å². The van der Waals surface area contributed by atoms with Crippen LogP contribution in [0.15, 0.2) is 22.7 Å².